The molecule has 0 saturated heterocycles. The van der Waals surface area contributed by atoms with E-state index in [9.17, 15) is 9.59 Å². The van der Waals surface area contributed by atoms with Crippen LogP contribution in [0.3, 0.4) is 0 Å². The molecule has 0 radical (unpaired) electrons. The first kappa shape index (κ1) is 17.5. The van der Waals surface area contributed by atoms with Crippen LogP contribution in [0.2, 0.25) is 0 Å². The lowest BCUT2D eigenvalue weighted by Crippen LogP contribution is -2.40. The zero-order chi connectivity index (χ0) is 19.2. The van der Waals surface area contributed by atoms with Gasteiger partial charge in [0.2, 0.25) is 0 Å². The Morgan fingerprint density at radius 2 is 2.15 bits per heavy atom. The maximum absolute atomic E-state index is 12.7. The van der Waals surface area contributed by atoms with Crippen molar-refractivity contribution in [2.24, 2.45) is 4.99 Å². The molecule has 1 aromatic carbocycles. The summed E-state index contributed by atoms with van der Waals surface area (Å²) in [5, 5.41) is 2.79. The minimum atomic E-state index is -0.540. The molecule has 140 valence electrons. The molecule has 0 spiro atoms. The largest absolute Gasteiger partial charge is 0.443 e. The van der Waals surface area contributed by atoms with Crippen LogP contribution in [0.4, 0.5) is 10.5 Å². The summed E-state index contributed by atoms with van der Waals surface area (Å²) in [6.07, 6.45) is 6.78. The average Bonchev–Trinajstić information content (AvgIpc) is 3.10. The standard InChI is InChI=1S/C21H23N3O3/c1-21(2,3)27-20(26)24-10-4-5-13-6-7-14(11-17(13)24)16-12-23-19(25)18-15(16)8-9-22-18/h6-9,11-12,18H,4-5,10H2,1-3H3,(H,23,25). The molecule has 27 heavy (non-hydrogen) atoms. The predicted molar refractivity (Wildman–Crippen MR) is 105 cm³/mol. The zero-order valence-corrected chi connectivity index (χ0v) is 15.8. The smallest absolute Gasteiger partial charge is 0.414 e. The molecule has 0 aromatic heterocycles. The first-order valence-corrected chi connectivity index (χ1v) is 9.21. The molecule has 1 atom stereocenters. The van der Waals surface area contributed by atoms with Crippen LogP contribution in [0, 0.1) is 0 Å². The second-order valence-corrected chi connectivity index (χ2v) is 7.97. The number of hydrogen-bond donors (Lipinski definition) is 1. The summed E-state index contributed by atoms with van der Waals surface area (Å²) in [7, 11) is 0. The Kier molecular flexibility index (Phi) is 4.13. The normalized spacial score (nSPS) is 21.1. The number of nitrogens with one attached hydrogen (secondary N) is 1. The Morgan fingerprint density at radius 1 is 1.33 bits per heavy atom. The molecule has 3 heterocycles. The number of amides is 2. The van der Waals surface area contributed by atoms with Gasteiger partial charge in [0, 0.05) is 24.5 Å². The van der Waals surface area contributed by atoms with Gasteiger partial charge in [-0.25, -0.2) is 4.79 Å². The molecule has 3 aliphatic heterocycles. The second kappa shape index (κ2) is 6.37. The predicted octanol–water partition coefficient (Wildman–Crippen LogP) is 3.22. The Labute approximate surface area is 158 Å². The highest BCUT2D eigenvalue weighted by molar-refractivity contribution is 6.04. The molecule has 4 rings (SSSR count). The summed E-state index contributed by atoms with van der Waals surface area (Å²) in [5.41, 5.74) is 4.23. The van der Waals surface area contributed by atoms with E-state index in [4.69, 9.17) is 4.74 Å². The Morgan fingerprint density at radius 3 is 2.93 bits per heavy atom. The molecule has 0 aliphatic carbocycles. The molecular formula is C21H23N3O3. The fourth-order valence-corrected chi connectivity index (χ4v) is 3.63. The topological polar surface area (TPSA) is 71.0 Å². The number of allylic oxidation sites excluding steroid dienone is 1. The second-order valence-electron chi connectivity index (χ2n) is 7.97. The van der Waals surface area contributed by atoms with Crippen molar-refractivity contribution in [3.8, 4) is 0 Å². The highest BCUT2D eigenvalue weighted by Crippen LogP contribution is 2.36. The van der Waals surface area contributed by atoms with Gasteiger partial charge < -0.3 is 10.1 Å². The van der Waals surface area contributed by atoms with Crippen molar-refractivity contribution in [3.05, 3.63) is 47.2 Å². The molecule has 1 unspecified atom stereocenters. The van der Waals surface area contributed by atoms with E-state index in [-0.39, 0.29) is 12.0 Å². The van der Waals surface area contributed by atoms with E-state index < -0.39 is 11.6 Å². The third kappa shape index (κ3) is 3.27. The van der Waals surface area contributed by atoms with Crippen LogP contribution in [0.15, 0.2) is 41.0 Å². The number of aryl methyl sites for hydroxylation is 1. The van der Waals surface area contributed by atoms with E-state index in [0.29, 0.717) is 6.54 Å². The molecular weight excluding hydrogens is 342 g/mol. The highest BCUT2D eigenvalue weighted by Gasteiger charge is 2.32. The van der Waals surface area contributed by atoms with Crippen LogP contribution in [0.25, 0.3) is 5.57 Å². The number of benzene rings is 1. The minimum Gasteiger partial charge on any atom is -0.443 e. The van der Waals surface area contributed by atoms with Gasteiger partial charge in [-0.1, -0.05) is 12.1 Å². The molecule has 1 aromatic rings. The van der Waals surface area contributed by atoms with Crippen LogP contribution in [0.1, 0.15) is 38.3 Å². The summed E-state index contributed by atoms with van der Waals surface area (Å²) < 4.78 is 5.59. The number of fused-ring (bicyclic) bond motifs is 2. The summed E-state index contributed by atoms with van der Waals surface area (Å²) in [5.74, 6) is -0.118. The van der Waals surface area contributed by atoms with Crippen LogP contribution in [0.5, 0.6) is 0 Å². The fraction of sp³-hybridized carbons (Fsp3) is 0.381. The third-order valence-electron chi connectivity index (χ3n) is 4.83. The van der Waals surface area contributed by atoms with E-state index in [0.717, 1.165) is 40.8 Å². The van der Waals surface area contributed by atoms with Crippen molar-refractivity contribution in [3.63, 3.8) is 0 Å². The summed E-state index contributed by atoms with van der Waals surface area (Å²) in [6.45, 7) is 6.24. The number of nitrogens with zero attached hydrogens (tertiary/aromatic N) is 2. The van der Waals surface area contributed by atoms with Crippen molar-refractivity contribution in [1.82, 2.24) is 5.32 Å². The number of hydrogen-bond acceptors (Lipinski definition) is 4. The molecule has 3 aliphatic rings. The van der Waals surface area contributed by atoms with Gasteiger partial charge in [0.25, 0.3) is 5.91 Å². The number of aliphatic imine (C=N–C) groups is 1. The Bertz CT molecular complexity index is 906. The first-order chi connectivity index (χ1) is 12.8. The highest BCUT2D eigenvalue weighted by atomic mass is 16.6. The van der Waals surface area contributed by atoms with Crippen molar-refractivity contribution in [2.75, 3.05) is 11.4 Å². The van der Waals surface area contributed by atoms with Crippen LogP contribution in [-0.4, -0.2) is 36.4 Å². The van der Waals surface area contributed by atoms with E-state index in [1.165, 1.54) is 0 Å². The molecule has 0 fully saturated rings. The molecule has 0 saturated carbocycles. The number of carbonyl (C=O) groups is 2. The average molecular weight is 365 g/mol. The molecule has 2 amide bonds. The van der Waals surface area contributed by atoms with E-state index >= 15 is 0 Å². The maximum Gasteiger partial charge on any atom is 0.414 e. The molecule has 1 N–H and O–H groups in total. The van der Waals surface area contributed by atoms with Crippen molar-refractivity contribution >= 4 is 29.5 Å². The molecule has 6 heteroatoms. The third-order valence-corrected chi connectivity index (χ3v) is 4.83. The van der Waals surface area contributed by atoms with E-state index in [2.05, 4.69) is 16.4 Å². The monoisotopic (exact) mass is 365 g/mol. The number of carbonyl (C=O) groups excluding carboxylic acids is 2. The molecule has 0 bridgehead atoms. The van der Waals surface area contributed by atoms with Crippen LogP contribution in [-0.2, 0) is 16.0 Å². The van der Waals surface area contributed by atoms with Gasteiger partial charge in [0.05, 0.1) is 5.69 Å². The van der Waals surface area contributed by atoms with E-state index in [1.807, 2.05) is 39.0 Å². The number of ether oxygens (including phenoxy) is 1. The van der Waals surface area contributed by atoms with Crippen molar-refractivity contribution < 1.29 is 14.3 Å². The van der Waals surface area contributed by atoms with Gasteiger partial charge in [-0.3, -0.25) is 14.7 Å². The van der Waals surface area contributed by atoms with Crippen LogP contribution >= 0.6 is 0 Å². The Hall–Kier alpha value is -2.89. The summed E-state index contributed by atoms with van der Waals surface area (Å²) in [6, 6.07) is 5.63. The lowest BCUT2D eigenvalue weighted by atomic mass is 9.89. The van der Waals surface area contributed by atoms with Crippen molar-refractivity contribution in [1.29, 1.82) is 0 Å². The van der Waals surface area contributed by atoms with Gasteiger partial charge in [-0.2, -0.15) is 0 Å². The minimum absolute atomic E-state index is 0.118. The van der Waals surface area contributed by atoms with Crippen molar-refractivity contribution in [2.45, 2.75) is 45.3 Å². The van der Waals surface area contributed by atoms with Gasteiger partial charge in [-0.05, 0) is 62.5 Å². The number of rotatable bonds is 1. The SMILES string of the molecule is CC(C)(C)OC(=O)N1CCCc2ccc(C3=CNC(=O)C4N=CC=C34)cc21. The van der Waals surface area contributed by atoms with Gasteiger partial charge in [-0.15, -0.1) is 0 Å². The van der Waals surface area contributed by atoms with E-state index in [1.54, 1.807) is 17.3 Å². The summed E-state index contributed by atoms with van der Waals surface area (Å²) in [4.78, 5) is 30.6. The fourth-order valence-electron chi connectivity index (χ4n) is 3.63. The van der Waals surface area contributed by atoms with Gasteiger partial charge in [0.15, 0.2) is 6.04 Å². The molecule has 6 nitrogen and oxygen atoms in total. The van der Waals surface area contributed by atoms with Gasteiger partial charge >= 0.3 is 6.09 Å². The zero-order valence-electron chi connectivity index (χ0n) is 15.8. The maximum atomic E-state index is 12.7. The lowest BCUT2D eigenvalue weighted by Gasteiger charge is -2.32. The first-order valence-electron chi connectivity index (χ1n) is 9.21. The summed E-state index contributed by atoms with van der Waals surface area (Å²) >= 11 is 0. The van der Waals surface area contributed by atoms with Crippen LogP contribution < -0.4 is 10.2 Å². The number of anilines is 1. The Balaban J connectivity index is 1.69. The van der Waals surface area contributed by atoms with Gasteiger partial charge in [0.1, 0.15) is 5.60 Å². The lowest BCUT2D eigenvalue weighted by molar-refractivity contribution is -0.120. The quantitative estimate of drug-likeness (QED) is 0.831.